The van der Waals surface area contributed by atoms with Gasteiger partial charge in [0.2, 0.25) is 0 Å². The molecule has 0 aliphatic rings. The van der Waals surface area contributed by atoms with Gasteiger partial charge >= 0.3 is 0 Å². The number of halogens is 2. The molecule has 1 heterocycles. The zero-order valence-electron chi connectivity index (χ0n) is 15.9. The van der Waals surface area contributed by atoms with E-state index in [0.29, 0.717) is 22.3 Å². The average Bonchev–Trinajstić information content (AvgIpc) is 3.21. The fraction of sp³-hybridized carbons (Fsp3) is 0.211. The molecule has 0 spiro atoms. The Labute approximate surface area is 182 Å². The van der Waals surface area contributed by atoms with Crippen LogP contribution in [0.2, 0.25) is 10.0 Å². The molecule has 0 bridgehead atoms. The molecule has 0 fully saturated rings. The van der Waals surface area contributed by atoms with Crippen molar-refractivity contribution < 1.29 is 24.5 Å². The third-order valence-electron chi connectivity index (χ3n) is 3.80. The van der Waals surface area contributed by atoms with Gasteiger partial charge in [0.05, 0.1) is 20.0 Å². The van der Waals surface area contributed by atoms with Gasteiger partial charge in [-0.25, -0.2) is 4.98 Å². The molecule has 30 heavy (non-hydrogen) atoms. The summed E-state index contributed by atoms with van der Waals surface area (Å²) in [7, 11) is 1.62. The van der Waals surface area contributed by atoms with Crippen LogP contribution in [0.1, 0.15) is 11.7 Å². The number of imidazole rings is 1. The molecule has 0 amide bonds. The third-order valence-corrected chi connectivity index (χ3v) is 4.36. The van der Waals surface area contributed by atoms with Crippen molar-refractivity contribution in [2.24, 2.45) is 0 Å². The summed E-state index contributed by atoms with van der Waals surface area (Å²) in [6, 6.07) is 12.7. The number of nitrogens with zero attached hydrogens (tertiary/aromatic N) is 3. The van der Waals surface area contributed by atoms with E-state index in [1.54, 1.807) is 31.8 Å². The molecule has 0 radical (unpaired) electrons. The monoisotopic (exact) mass is 455 g/mol. The maximum atomic E-state index is 8.36. The van der Waals surface area contributed by atoms with E-state index in [0.717, 1.165) is 11.3 Å². The summed E-state index contributed by atoms with van der Waals surface area (Å²) in [6.45, 7) is 0.623. The Morgan fingerprint density at radius 3 is 2.43 bits per heavy atom. The molecule has 3 rings (SSSR count). The number of benzene rings is 2. The molecule has 3 aromatic rings. The minimum absolute atomic E-state index is 0.0741. The first-order valence-electron chi connectivity index (χ1n) is 8.51. The third kappa shape index (κ3) is 7.78. The second-order valence-corrected chi connectivity index (χ2v) is 6.60. The maximum Gasteiger partial charge on any atom is 0.291 e. The highest BCUT2D eigenvalue weighted by Gasteiger charge is 2.17. The van der Waals surface area contributed by atoms with Gasteiger partial charge in [-0.1, -0.05) is 29.3 Å². The summed E-state index contributed by atoms with van der Waals surface area (Å²) in [4.78, 5) is 12.4. The largest absolute Gasteiger partial charge is 0.497 e. The molecular formula is C19H19Cl2N3O6. The van der Waals surface area contributed by atoms with Gasteiger partial charge < -0.3 is 24.0 Å². The van der Waals surface area contributed by atoms with Gasteiger partial charge in [0.15, 0.2) is 6.79 Å². The Balaban J connectivity index is 0.000000735. The van der Waals surface area contributed by atoms with Crippen LogP contribution in [0.5, 0.6) is 11.5 Å². The Hall–Kier alpha value is -3.01. The van der Waals surface area contributed by atoms with Crippen LogP contribution in [0.15, 0.2) is 61.2 Å². The van der Waals surface area contributed by atoms with Gasteiger partial charge in [-0.2, -0.15) is 0 Å². The van der Waals surface area contributed by atoms with Crippen LogP contribution in [0.4, 0.5) is 0 Å². The number of methoxy groups -OCH3 is 1. The standard InChI is InChI=1S/C19H18Cl2N2O3.HNO3/c1-24-15-3-5-16(6-4-15)25-13-26-19(11-23-9-8-22-12-23)17-7-2-14(20)10-18(17)21;2-1(3)4/h2-10,12,19H,11,13H2,1H3;(H,2,3,4). The Kier molecular flexibility index (Phi) is 9.20. The van der Waals surface area contributed by atoms with Crippen LogP contribution in [0, 0.1) is 10.1 Å². The quantitative estimate of drug-likeness (QED) is 0.299. The van der Waals surface area contributed by atoms with E-state index in [-0.39, 0.29) is 12.9 Å². The second-order valence-electron chi connectivity index (χ2n) is 5.76. The maximum absolute atomic E-state index is 8.36. The summed E-state index contributed by atoms with van der Waals surface area (Å²) in [5.74, 6) is 1.46. The lowest BCUT2D eigenvalue weighted by atomic mass is 10.1. The number of hydrogen-bond acceptors (Lipinski definition) is 6. The first-order chi connectivity index (χ1) is 14.4. The Bertz CT molecular complexity index is 919. The molecular weight excluding hydrogens is 437 g/mol. The van der Waals surface area contributed by atoms with Crippen LogP contribution in [0.3, 0.4) is 0 Å². The van der Waals surface area contributed by atoms with E-state index in [1.165, 1.54) is 0 Å². The molecule has 1 aromatic heterocycles. The van der Waals surface area contributed by atoms with E-state index >= 15 is 0 Å². The predicted octanol–water partition coefficient (Wildman–Crippen LogP) is 4.65. The molecule has 0 aliphatic heterocycles. The lowest BCUT2D eigenvalue weighted by molar-refractivity contribution is -0.742. The average molecular weight is 456 g/mol. The lowest BCUT2D eigenvalue weighted by Gasteiger charge is -2.20. The molecule has 2 aromatic carbocycles. The first-order valence-corrected chi connectivity index (χ1v) is 9.27. The highest BCUT2D eigenvalue weighted by atomic mass is 35.5. The molecule has 1 unspecified atom stereocenters. The topological polar surface area (TPSA) is 109 Å². The minimum Gasteiger partial charge on any atom is -0.497 e. The smallest absolute Gasteiger partial charge is 0.291 e. The summed E-state index contributed by atoms with van der Waals surface area (Å²) in [5, 5.41) is 14.8. The SMILES string of the molecule is COc1ccc(OCOC(Cn2ccnc2)c2ccc(Cl)cc2Cl)cc1.O=[N+]([O-])O. The number of ether oxygens (including phenoxy) is 3. The van der Waals surface area contributed by atoms with E-state index in [2.05, 4.69) is 4.98 Å². The first kappa shape index (κ1) is 23.3. The van der Waals surface area contributed by atoms with Crippen LogP contribution < -0.4 is 9.47 Å². The molecule has 0 aliphatic carbocycles. The van der Waals surface area contributed by atoms with E-state index < -0.39 is 5.09 Å². The zero-order chi connectivity index (χ0) is 21.9. The van der Waals surface area contributed by atoms with E-state index in [4.69, 9.17) is 52.7 Å². The molecule has 0 saturated heterocycles. The molecule has 1 atom stereocenters. The normalized spacial score (nSPS) is 11.2. The molecule has 9 nitrogen and oxygen atoms in total. The molecule has 11 heteroatoms. The molecule has 1 N–H and O–H groups in total. The van der Waals surface area contributed by atoms with Crippen molar-refractivity contribution in [2.45, 2.75) is 12.6 Å². The highest BCUT2D eigenvalue weighted by Crippen LogP contribution is 2.30. The van der Waals surface area contributed by atoms with Gasteiger partial charge in [0, 0.05) is 28.0 Å². The molecule has 160 valence electrons. The van der Waals surface area contributed by atoms with Crippen LogP contribution in [0.25, 0.3) is 0 Å². The van der Waals surface area contributed by atoms with E-state index in [9.17, 15) is 0 Å². The van der Waals surface area contributed by atoms with Crippen molar-refractivity contribution in [3.8, 4) is 11.5 Å². The van der Waals surface area contributed by atoms with Gasteiger partial charge in [-0.15, -0.1) is 10.1 Å². The van der Waals surface area contributed by atoms with E-state index in [1.807, 2.05) is 41.1 Å². The van der Waals surface area contributed by atoms with Gasteiger partial charge in [-0.05, 0) is 36.4 Å². The van der Waals surface area contributed by atoms with Crippen molar-refractivity contribution in [3.63, 3.8) is 0 Å². The second kappa shape index (κ2) is 11.9. The lowest BCUT2D eigenvalue weighted by Crippen LogP contribution is -2.15. The van der Waals surface area contributed by atoms with Gasteiger partial charge in [0.25, 0.3) is 5.09 Å². The zero-order valence-corrected chi connectivity index (χ0v) is 17.4. The van der Waals surface area contributed by atoms with Crippen molar-refractivity contribution in [1.82, 2.24) is 9.55 Å². The van der Waals surface area contributed by atoms with Gasteiger partial charge in [0.1, 0.15) is 17.6 Å². The fourth-order valence-corrected chi connectivity index (χ4v) is 2.98. The molecule has 0 saturated carbocycles. The van der Waals surface area contributed by atoms with Crippen molar-refractivity contribution in [3.05, 3.63) is 86.9 Å². The number of aromatic nitrogens is 2. The highest BCUT2D eigenvalue weighted by molar-refractivity contribution is 6.35. The predicted molar refractivity (Wildman–Crippen MR) is 110 cm³/mol. The summed E-state index contributed by atoms with van der Waals surface area (Å²) in [5.41, 5.74) is 0.836. The van der Waals surface area contributed by atoms with Crippen molar-refractivity contribution in [2.75, 3.05) is 13.9 Å². The number of hydrogen-bond donors (Lipinski definition) is 1. The Morgan fingerprint density at radius 2 is 1.87 bits per heavy atom. The number of rotatable bonds is 8. The van der Waals surface area contributed by atoms with Crippen molar-refractivity contribution >= 4 is 23.2 Å². The fourth-order valence-electron chi connectivity index (χ4n) is 2.45. The minimum atomic E-state index is -1.50. The van der Waals surface area contributed by atoms with Crippen LogP contribution in [-0.2, 0) is 11.3 Å². The summed E-state index contributed by atoms with van der Waals surface area (Å²) >= 11 is 12.3. The summed E-state index contributed by atoms with van der Waals surface area (Å²) in [6.07, 6.45) is 5.00. The van der Waals surface area contributed by atoms with Gasteiger partial charge in [-0.3, -0.25) is 0 Å². The van der Waals surface area contributed by atoms with Crippen LogP contribution in [-0.4, -0.2) is 33.7 Å². The summed E-state index contributed by atoms with van der Waals surface area (Å²) < 4.78 is 18.7. The van der Waals surface area contributed by atoms with Crippen LogP contribution >= 0.6 is 23.2 Å². The van der Waals surface area contributed by atoms with Crippen molar-refractivity contribution in [1.29, 1.82) is 0 Å². The Morgan fingerprint density at radius 1 is 1.20 bits per heavy atom.